The molecule has 0 saturated carbocycles. The van der Waals surface area contributed by atoms with Crippen LogP contribution in [0.4, 0.5) is 0 Å². The maximum Gasteiger partial charge on any atom is 0.162 e. The molecular weight excluding hydrogens is 855 g/mol. The fourth-order valence-electron chi connectivity index (χ4n) is 8.52. The molecule has 2 aromatic heterocycles. The summed E-state index contributed by atoms with van der Waals surface area (Å²) >= 11 is 0. The third-order valence-corrected chi connectivity index (χ3v) is 12.3. The van der Waals surface area contributed by atoms with Gasteiger partial charge in [0.25, 0.3) is 0 Å². The molecule has 0 bridgehead atoms. The summed E-state index contributed by atoms with van der Waals surface area (Å²) in [5.41, 5.74) is 8.41. The summed E-state index contributed by atoms with van der Waals surface area (Å²) in [6.45, 7) is 24.4. The van der Waals surface area contributed by atoms with Gasteiger partial charge in [-0.2, -0.15) is 0 Å². The molecule has 6 aromatic rings. The SMILES string of the molecule is CC(C)(C)c1cc(-c2nccc3c2ccc2c4cc5c(cc4oc32)C(C)(C)CCC5(C)C)[c-]c2ccccc12.CCC(CC)C(=O)/C=C(\O)C(CC)CC.[Ir]. The Bertz CT molecular complexity index is 2360. The van der Waals surface area contributed by atoms with Crippen LogP contribution in [0.3, 0.4) is 0 Å². The van der Waals surface area contributed by atoms with Crippen LogP contribution in [0.15, 0.2) is 83.1 Å². The van der Waals surface area contributed by atoms with Crippen molar-refractivity contribution in [3.63, 3.8) is 0 Å². The van der Waals surface area contributed by atoms with Gasteiger partial charge in [0.2, 0.25) is 0 Å². The van der Waals surface area contributed by atoms with Crippen molar-refractivity contribution in [3.8, 4) is 11.3 Å². The van der Waals surface area contributed by atoms with Gasteiger partial charge in [-0.25, -0.2) is 0 Å². The number of aromatic nitrogens is 1. The Balaban J connectivity index is 0.000000311. The number of hydrogen-bond donors (Lipinski definition) is 1. The molecule has 0 aliphatic heterocycles. The maximum atomic E-state index is 11.7. The summed E-state index contributed by atoms with van der Waals surface area (Å²) in [4.78, 5) is 16.6. The van der Waals surface area contributed by atoms with Crippen molar-refractivity contribution < 1.29 is 34.4 Å². The summed E-state index contributed by atoms with van der Waals surface area (Å²) in [5.74, 6) is 0.547. The molecule has 0 amide bonds. The normalized spacial score (nSPS) is 15.3. The van der Waals surface area contributed by atoms with Crippen molar-refractivity contribution in [2.75, 3.05) is 0 Å². The van der Waals surface area contributed by atoms with Crippen LogP contribution < -0.4 is 0 Å². The van der Waals surface area contributed by atoms with E-state index in [2.05, 4.69) is 115 Å². The second-order valence-electron chi connectivity index (χ2n) is 17.9. The summed E-state index contributed by atoms with van der Waals surface area (Å²) in [6, 6.07) is 25.8. The van der Waals surface area contributed by atoms with Crippen molar-refractivity contribution in [2.45, 2.75) is 131 Å². The van der Waals surface area contributed by atoms with Crippen molar-refractivity contribution >= 4 is 49.3 Å². The van der Waals surface area contributed by atoms with Crippen molar-refractivity contribution in [3.05, 3.63) is 101 Å². The number of nitrogens with zero attached hydrogens (tertiary/aromatic N) is 1. The molecule has 0 saturated heterocycles. The number of hydrogen-bond acceptors (Lipinski definition) is 4. The Morgan fingerprint density at radius 3 is 2.00 bits per heavy atom. The third-order valence-electron chi connectivity index (χ3n) is 12.3. The second-order valence-corrected chi connectivity index (χ2v) is 17.9. The molecule has 0 atom stereocenters. The number of carbonyl (C=O) groups is 1. The number of aliphatic hydroxyl groups excluding tert-OH is 1. The number of allylic oxidation sites excluding steroid dienone is 2. The Hall–Kier alpha value is -3.79. The molecule has 7 rings (SSSR count). The van der Waals surface area contributed by atoms with Crippen molar-refractivity contribution in [1.29, 1.82) is 0 Å². The Morgan fingerprint density at radius 1 is 0.800 bits per heavy atom. The number of ketones is 1. The summed E-state index contributed by atoms with van der Waals surface area (Å²) in [5, 5.41) is 16.7. The fraction of sp³-hybridized carbons (Fsp3) is 0.440. The Kier molecular flexibility index (Phi) is 12.6. The number of aliphatic hydroxyl groups is 1. The molecule has 1 aliphatic rings. The minimum absolute atomic E-state index is 0. The van der Waals surface area contributed by atoms with Gasteiger partial charge in [-0.1, -0.05) is 117 Å². The number of pyridine rings is 1. The van der Waals surface area contributed by atoms with Gasteiger partial charge in [-0.15, -0.1) is 29.1 Å². The molecule has 293 valence electrons. The number of carbonyl (C=O) groups excluding carboxylic acids is 1. The van der Waals surface area contributed by atoms with Gasteiger partial charge in [-0.05, 0) is 89.5 Å². The summed E-state index contributed by atoms with van der Waals surface area (Å²) in [6.07, 6.45) is 9.21. The molecular formula is C50H60IrNO3-. The number of rotatable bonds is 8. The fourth-order valence-corrected chi connectivity index (χ4v) is 8.52. The van der Waals surface area contributed by atoms with E-state index in [9.17, 15) is 9.90 Å². The van der Waals surface area contributed by atoms with Gasteiger partial charge in [0.1, 0.15) is 11.2 Å². The van der Waals surface area contributed by atoms with E-state index in [1.165, 1.54) is 51.8 Å². The quantitative estimate of drug-likeness (QED) is 0.0939. The number of furan rings is 1. The zero-order chi connectivity index (χ0) is 39.2. The number of fused-ring (bicyclic) bond motifs is 7. The minimum atomic E-state index is 0. The van der Waals surface area contributed by atoms with Crippen LogP contribution in [-0.2, 0) is 41.1 Å². The van der Waals surface area contributed by atoms with Crippen LogP contribution in [-0.4, -0.2) is 15.9 Å². The van der Waals surface area contributed by atoms with Gasteiger partial charge >= 0.3 is 0 Å². The van der Waals surface area contributed by atoms with Gasteiger partial charge in [0, 0.05) is 66.1 Å². The molecule has 0 spiro atoms. The van der Waals surface area contributed by atoms with Crippen molar-refractivity contribution in [2.24, 2.45) is 11.8 Å². The zero-order valence-electron chi connectivity index (χ0n) is 34.9. The Morgan fingerprint density at radius 2 is 1.38 bits per heavy atom. The monoisotopic (exact) mass is 915 g/mol. The molecule has 0 fully saturated rings. The van der Waals surface area contributed by atoms with E-state index in [1.54, 1.807) is 0 Å². The van der Waals surface area contributed by atoms with Crippen LogP contribution in [0.5, 0.6) is 0 Å². The standard InChI is InChI=1S/C37H36NO.C13H24O2.Ir/c1-35(2,3)29-19-23(18-22-10-8-9-11-24(22)29)33-25-12-13-26-28-20-30-31(37(6,7)16-15-36(30,4)5)21-32(28)39-34(26)27(25)14-17-38-33;1-5-10(6-2)12(14)9-13(15)11(7-3)8-4;/h8-14,17,19-21H,15-16H2,1-7H3;9-11,14H,5-8H2,1-4H3;/q-1;;/b;12-9-;. The van der Waals surface area contributed by atoms with E-state index in [0.29, 0.717) is 0 Å². The van der Waals surface area contributed by atoms with Crippen LogP contribution in [0, 0.1) is 17.9 Å². The molecule has 0 unspecified atom stereocenters. The first-order valence-corrected chi connectivity index (χ1v) is 20.2. The Labute approximate surface area is 342 Å². The predicted molar refractivity (Wildman–Crippen MR) is 229 cm³/mol. The van der Waals surface area contributed by atoms with E-state index in [1.807, 2.05) is 33.9 Å². The first kappa shape index (κ1) is 42.4. The molecule has 4 nitrogen and oxygen atoms in total. The topological polar surface area (TPSA) is 63.3 Å². The first-order valence-electron chi connectivity index (χ1n) is 20.2. The average molecular weight is 915 g/mol. The van der Waals surface area contributed by atoms with Gasteiger partial charge in [0.15, 0.2) is 5.78 Å². The summed E-state index contributed by atoms with van der Waals surface area (Å²) < 4.78 is 6.69. The number of benzene rings is 4. The smallest absolute Gasteiger partial charge is 0.162 e. The average Bonchev–Trinajstić information content (AvgIpc) is 3.52. The maximum absolute atomic E-state index is 11.7. The van der Waals surface area contributed by atoms with Gasteiger partial charge < -0.3 is 9.52 Å². The molecule has 1 aliphatic carbocycles. The van der Waals surface area contributed by atoms with Crippen LogP contribution in [0.1, 0.15) is 131 Å². The van der Waals surface area contributed by atoms with E-state index >= 15 is 0 Å². The zero-order valence-corrected chi connectivity index (χ0v) is 37.3. The van der Waals surface area contributed by atoms with Crippen LogP contribution in [0.2, 0.25) is 0 Å². The first-order chi connectivity index (χ1) is 25.5. The van der Waals surface area contributed by atoms with Crippen LogP contribution in [0.25, 0.3) is 54.7 Å². The predicted octanol–water partition coefficient (Wildman–Crippen LogP) is 14.3. The molecule has 4 aromatic carbocycles. The largest absolute Gasteiger partial charge is 0.512 e. The van der Waals surface area contributed by atoms with E-state index in [0.717, 1.165) is 64.3 Å². The molecule has 2 heterocycles. The van der Waals surface area contributed by atoms with E-state index in [-0.39, 0.29) is 59.7 Å². The molecule has 1 radical (unpaired) electrons. The van der Waals surface area contributed by atoms with Gasteiger partial charge in [0.05, 0.1) is 5.76 Å². The van der Waals surface area contributed by atoms with Gasteiger partial charge in [-0.3, -0.25) is 9.78 Å². The molecule has 1 N–H and O–H groups in total. The minimum Gasteiger partial charge on any atom is -0.512 e. The molecule has 5 heteroatoms. The molecule has 55 heavy (non-hydrogen) atoms. The van der Waals surface area contributed by atoms with Crippen molar-refractivity contribution in [1.82, 2.24) is 4.98 Å². The summed E-state index contributed by atoms with van der Waals surface area (Å²) in [7, 11) is 0. The van der Waals surface area contributed by atoms with E-state index in [4.69, 9.17) is 9.40 Å². The van der Waals surface area contributed by atoms with Crippen LogP contribution >= 0.6 is 0 Å². The second kappa shape index (κ2) is 16.4. The van der Waals surface area contributed by atoms with E-state index < -0.39 is 0 Å². The third kappa shape index (κ3) is 8.21.